The third-order valence-electron chi connectivity index (χ3n) is 3.89. The minimum absolute atomic E-state index is 0.159. The lowest BCUT2D eigenvalue weighted by molar-refractivity contribution is 0.351. The second kappa shape index (κ2) is 11.5. The van der Waals surface area contributed by atoms with Crippen molar-refractivity contribution < 1.29 is 36.0 Å². The summed E-state index contributed by atoms with van der Waals surface area (Å²) in [7, 11) is 2.60. The molecule has 2 aromatic carbocycles. The summed E-state index contributed by atoms with van der Waals surface area (Å²) in [6.07, 6.45) is 2.61. The summed E-state index contributed by atoms with van der Waals surface area (Å²) in [6, 6.07) is 10.5. The van der Waals surface area contributed by atoms with E-state index >= 15 is 0 Å². The van der Waals surface area contributed by atoms with Gasteiger partial charge >= 0.3 is 10.1 Å². The predicted octanol–water partition coefficient (Wildman–Crippen LogP) is 5.53. The van der Waals surface area contributed by atoms with Crippen molar-refractivity contribution in [1.29, 1.82) is 0 Å². The fraction of sp³-hybridized carbons (Fsp3) is 0.238. The second-order valence-electron chi connectivity index (χ2n) is 6.10. The molecule has 0 aliphatic rings. The molecule has 0 radical (unpaired) electrons. The van der Waals surface area contributed by atoms with Gasteiger partial charge in [-0.25, -0.2) is 0 Å². The summed E-state index contributed by atoms with van der Waals surface area (Å²) >= 11 is 6.66. The van der Waals surface area contributed by atoms with Gasteiger partial charge in [0.2, 0.25) is 0 Å². The number of hydrogen-bond acceptors (Lipinski definition) is 8. The quantitative estimate of drug-likeness (QED) is 0.330. The molecule has 1 aromatic heterocycles. The highest BCUT2D eigenvalue weighted by atomic mass is 79.9. The maximum absolute atomic E-state index is 11.0. The first-order valence-electron chi connectivity index (χ1n) is 8.89. The highest BCUT2D eigenvalue weighted by Crippen LogP contribution is 2.40. The Morgan fingerprint density at radius 1 is 0.812 bits per heavy atom. The molecule has 0 unspecified atom stereocenters. The van der Waals surface area contributed by atoms with Crippen molar-refractivity contribution in [1.82, 2.24) is 0 Å². The van der Waals surface area contributed by atoms with E-state index in [0.29, 0.717) is 27.5 Å². The summed E-state index contributed by atoms with van der Waals surface area (Å²) in [5, 5.41) is 0. The molecule has 3 aromatic rings. The summed E-state index contributed by atoms with van der Waals surface area (Å²) in [5.74, 6) is 3.16. The molecular weight excluding hydrogens is 572 g/mol. The second-order valence-corrected chi connectivity index (χ2v) is 9.38. The van der Waals surface area contributed by atoms with Crippen LogP contribution >= 0.6 is 31.9 Å². The smallest absolute Gasteiger partial charge is 0.306 e. The van der Waals surface area contributed by atoms with E-state index in [1.165, 1.54) is 26.4 Å². The first kappa shape index (κ1) is 25.9. The highest BCUT2D eigenvalue weighted by molar-refractivity contribution is 9.11. The molecule has 0 spiro atoms. The lowest BCUT2D eigenvalue weighted by atomic mass is 10.1. The average Bonchev–Trinajstić information content (AvgIpc) is 3.27. The van der Waals surface area contributed by atoms with Crippen LogP contribution in [0.15, 0.2) is 56.0 Å². The Kier molecular flexibility index (Phi) is 9.29. The first-order valence-corrected chi connectivity index (χ1v) is 12.3. The zero-order chi connectivity index (χ0) is 23.9. The van der Waals surface area contributed by atoms with Gasteiger partial charge in [0.25, 0.3) is 0 Å². The van der Waals surface area contributed by atoms with Crippen LogP contribution < -0.4 is 23.1 Å². The molecule has 174 valence electrons. The minimum atomic E-state index is -3.56. The van der Waals surface area contributed by atoms with Gasteiger partial charge in [-0.3, -0.25) is 0 Å². The SMILES string of the molecule is COc1cc(-c2ccco2)cc(Br)c1OC.COc1cc(OS(C)(=O)=O)cc(Br)c1OC. The van der Waals surface area contributed by atoms with Crippen molar-refractivity contribution in [2.24, 2.45) is 0 Å². The van der Waals surface area contributed by atoms with E-state index in [4.69, 9.17) is 27.5 Å². The van der Waals surface area contributed by atoms with Gasteiger partial charge in [-0.05, 0) is 56.1 Å². The molecule has 0 aliphatic heterocycles. The van der Waals surface area contributed by atoms with Crippen LogP contribution in [0.5, 0.6) is 28.7 Å². The highest BCUT2D eigenvalue weighted by Gasteiger charge is 2.14. The lowest BCUT2D eigenvalue weighted by Crippen LogP contribution is -2.06. The minimum Gasteiger partial charge on any atom is -0.493 e. The zero-order valence-corrected chi connectivity index (χ0v) is 22.0. The number of rotatable bonds is 7. The van der Waals surface area contributed by atoms with Gasteiger partial charge in [-0.15, -0.1) is 0 Å². The molecule has 3 rings (SSSR count). The molecule has 0 saturated carbocycles. The summed E-state index contributed by atoms with van der Waals surface area (Å²) in [6.45, 7) is 0. The van der Waals surface area contributed by atoms with Crippen LogP contribution in [0.25, 0.3) is 11.3 Å². The molecular formula is C21H22Br2O8S. The van der Waals surface area contributed by atoms with Crippen LogP contribution in [-0.4, -0.2) is 43.1 Å². The normalized spacial score (nSPS) is 10.6. The third kappa shape index (κ3) is 6.81. The average molecular weight is 594 g/mol. The van der Waals surface area contributed by atoms with Crippen molar-refractivity contribution >= 4 is 42.0 Å². The molecule has 0 fully saturated rings. The van der Waals surface area contributed by atoms with Crippen molar-refractivity contribution in [3.05, 3.63) is 51.6 Å². The molecule has 0 N–H and O–H groups in total. The largest absolute Gasteiger partial charge is 0.493 e. The molecule has 1 heterocycles. The lowest BCUT2D eigenvalue weighted by Gasteiger charge is -2.11. The van der Waals surface area contributed by atoms with Crippen LogP contribution in [0.2, 0.25) is 0 Å². The summed E-state index contributed by atoms with van der Waals surface area (Å²) < 4.78 is 54.0. The first-order chi connectivity index (χ1) is 15.1. The topological polar surface area (TPSA) is 93.4 Å². The molecule has 0 saturated heterocycles. The number of furan rings is 1. The fourth-order valence-corrected chi connectivity index (χ4v) is 4.25. The zero-order valence-electron chi connectivity index (χ0n) is 18.0. The molecule has 8 nitrogen and oxygen atoms in total. The van der Waals surface area contributed by atoms with Gasteiger partial charge in [0.1, 0.15) is 11.5 Å². The summed E-state index contributed by atoms with van der Waals surface area (Å²) in [4.78, 5) is 0. The Balaban J connectivity index is 0.000000227. The van der Waals surface area contributed by atoms with Gasteiger partial charge in [-0.1, -0.05) is 0 Å². The summed E-state index contributed by atoms with van der Waals surface area (Å²) in [5.41, 5.74) is 0.939. The van der Waals surface area contributed by atoms with Crippen LogP contribution in [0.3, 0.4) is 0 Å². The van der Waals surface area contributed by atoms with E-state index in [1.54, 1.807) is 20.5 Å². The Labute approximate surface area is 203 Å². The Morgan fingerprint density at radius 3 is 1.84 bits per heavy atom. The maximum atomic E-state index is 11.0. The standard InChI is InChI=1S/C12H11BrO3.C9H11BrO5S/c1-14-11-7-8(10-4-3-5-16-10)6-9(13)12(11)15-2;1-13-8-5-6(15-16(3,11)12)4-7(10)9(8)14-2/h3-7H,1-2H3;4-5H,1-3H3. The van der Waals surface area contributed by atoms with Crippen molar-refractivity contribution in [3.63, 3.8) is 0 Å². The predicted molar refractivity (Wildman–Crippen MR) is 128 cm³/mol. The number of benzene rings is 2. The van der Waals surface area contributed by atoms with E-state index in [-0.39, 0.29) is 5.75 Å². The van der Waals surface area contributed by atoms with Gasteiger partial charge in [-0.2, -0.15) is 8.42 Å². The molecule has 0 amide bonds. The van der Waals surface area contributed by atoms with Crippen LogP contribution in [0.1, 0.15) is 0 Å². The van der Waals surface area contributed by atoms with E-state index in [9.17, 15) is 8.42 Å². The Morgan fingerprint density at radius 2 is 1.38 bits per heavy atom. The van der Waals surface area contributed by atoms with Gasteiger partial charge in [0.05, 0.1) is 49.9 Å². The molecule has 0 atom stereocenters. The van der Waals surface area contributed by atoms with Crippen molar-refractivity contribution in [2.75, 3.05) is 34.7 Å². The fourth-order valence-electron chi connectivity index (χ4n) is 2.62. The molecule has 32 heavy (non-hydrogen) atoms. The monoisotopic (exact) mass is 592 g/mol. The van der Waals surface area contributed by atoms with E-state index in [2.05, 4.69) is 31.9 Å². The number of halogens is 2. The van der Waals surface area contributed by atoms with Crippen LogP contribution in [-0.2, 0) is 10.1 Å². The van der Waals surface area contributed by atoms with Crippen LogP contribution in [0, 0.1) is 0 Å². The van der Waals surface area contributed by atoms with E-state index < -0.39 is 10.1 Å². The van der Waals surface area contributed by atoms with Crippen molar-refractivity contribution in [2.45, 2.75) is 0 Å². The van der Waals surface area contributed by atoms with E-state index in [0.717, 1.165) is 22.1 Å². The third-order valence-corrected chi connectivity index (χ3v) is 5.57. The Hall–Kier alpha value is -2.37. The molecule has 11 heteroatoms. The van der Waals surface area contributed by atoms with Gasteiger partial charge in [0, 0.05) is 17.7 Å². The van der Waals surface area contributed by atoms with Crippen molar-refractivity contribution in [3.8, 4) is 40.1 Å². The number of methoxy groups -OCH3 is 4. The van der Waals surface area contributed by atoms with Gasteiger partial charge in [0.15, 0.2) is 23.0 Å². The van der Waals surface area contributed by atoms with E-state index in [1.807, 2.05) is 24.3 Å². The number of hydrogen-bond donors (Lipinski definition) is 0. The molecule has 0 aliphatic carbocycles. The molecule has 0 bridgehead atoms. The maximum Gasteiger partial charge on any atom is 0.306 e. The van der Waals surface area contributed by atoms with Crippen LogP contribution in [0.4, 0.5) is 0 Å². The number of ether oxygens (including phenoxy) is 4. The van der Waals surface area contributed by atoms with Gasteiger partial charge < -0.3 is 27.5 Å². The Bertz CT molecular complexity index is 1150.